The number of amides is 1. The molecule has 3 heterocycles. The second kappa shape index (κ2) is 9.53. The highest BCUT2D eigenvalue weighted by Gasteiger charge is 2.31. The highest BCUT2D eigenvalue weighted by atomic mass is 32.1. The molecule has 168 valence electrons. The van der Waals surface area contributed by atoms with Crippen molar-refractivity contribution in [3.63, 3.8) is 0 Å². The molecule has 1 unspecified atom stereocenters. The molecule has 33 heavy (non-hydrogen) atoms. The maximum atomic E-state index is 13.7. The van der Waals surface area contributed by atoms with Gasteiger partial charge in [-0.25, -0.2) is 14.4 Å². The van der Waals surface area contributed by atoms with Gasteiger partial charge in [0.05, 0.1) is 20.6 Å². The maximum Gasteiger partial charge on any atom is 0.274 e. The van der Waals surface area contributed by atoms with Gasteiger partial charge in [0, 0.05) is 30.0 Å². The van der Waals surface area contributed by atoms with Gasteiger partial charge >= 0.3 is 0 Å². The number of halogens is 1. The van der Waals surface area contributed by atoms with Crippen molar-refractivity contribution in [3.05, 3.63) is 81.5 Å². The standard InChI is InChI=1S/C26H24FN3OS2/c1-17-28-24(25(33-17)18-8-3-2-4-9-18)26(31)30-13-6-5-12-21(30)15-23-29-22(16-32-23)19-10-7-11-20(27)14-19/h2-4,7-11,14,16,21H,5-6,12-13,15H2,1H3. The molecule has 1 amide bonds. The van der Waals surface area contributed by atoms with E-state index in [0.717, 1.165) is 57.5 Å². The molecule has 1 aliphatic rings. The second-order valence-electron chi connectivity index (χ2n) is 8.27. The lowest BCUT2D eigenvalue weighted by Gasteiger charge is -2.35. The second-order valence-corrected chi connectivity index (χ2v) is 10.4. The Morgan fingerprint density at radius 1 is 1.09 bits per heavy atom. The monoisotopic (exact) mass is 477 g/mol. The van der Waals surface area contributed by atoms with Gasteiger partial charge in [-0.3, -0.25) is 4.79 Å². The van der Waals surface area contributed by atoms with E-state index in [0.29, 0.717) is 12.1 Å². The summed E-state index contributed by atoms with van der Waals surface area (Å²) in [7, 11) is 0. The third-order valence-electron chi connectivity index (χ3n) is 5.94. The summed E-state index contributed by atoms with van der Waals surface area (Å²) < 4.78 is 13.6. The third kappa shape index (κ3) is 4.75. The fourth-order valence-electron chi connectivity index (χ4n) is 4.36. The molecule has 1 atom stereocenters. The Morgan fingerprint density at radius 3 is 2.73 bits per heavy atom. The molecule has 0 aliphatic carbocycles. The van der Waals surface area contributed by atoms with Crippen LogP contribution < -0.4 is 0 Å². The highest BCUT2D eigenvalue weighted by molar-refractivity contribution is 7.15. The number of nitrogens with zero attached hydrogens (tertiary/aromatic N) is 3. The molecule has 1 fully saturated rings. The predicted molar refractivity (Wildman–Crippen MR) is 132 cm³/mol. The van der Waals surface area contributed by atoms with Gasteiger partial charge in [0.1, 0.15) is 11.5 Å². The summed E-state index contributed by atoms with van der Waals surface area (Å²) in [6.45, 7) is 2.68. The van der Waals surface area contributed by atoms with Crippen LogP contribution in [-0.2, 0) is 6.42 Å². The van der Waals surface area contributed by atoms with Crippen molar-refractivity contribution >= 4 is 28.6 Å². The van der Waals surface area contributed by atoms with Gasteiger partial charge in [0.2, 0.25) is 0 Å². The third-order valence-corrected chi connectivity index (χ3v) is 7.83. The summed E-state index contributed by atoms with van der Waals surface area (Å²) in [5.74, 6) is -0.260. The van der Waals surface area contributed by atoms with E-state index in [4.69, 9.17) is 4.98 Å². The summed E-state index contributed by atoms with van der Waals surface area (Å²) in [5, 5.41) is 3.83. The van der Waals surface area contributed by atoms with Gasteiger partial charge in [-0.2, -0.15) is 0 Å². The quantitative estimate of drug-likeness (QED) is 0.325. The molecule has 0 spiro atoms. The smallest absolute Gasteiger partial charge is 0.274 e. The lowest BCUT2D eigenvalue weighted by Crippen LogP contribution is -2.45. The van der Waals surface area contributed by atoms with Crippen LogP contribution in [0.3, 0.4) is 0 Å². The van der Waals surface area contributed by atoms with E-state index in [1.165, 1.54) is 12.1 Å². The van der Waals surface area contributed by atoms with Gasteiger partial charge in [-0.1, -0.05) is 42.5 Å². The van der Waals surface area contributed by atoms with E-state index in [1.807, 2.05) is 53.6 Å². The van der Waals surface area contributed by atoms with Crippen LogP contribution in [0.5, 0.6) is 0 Å². The van der Waals surface area contributed by atoms with E-state index in [1.54, 1.807) is 28.7 Å². The van der Waals surface area contributed by atoms with Crippen LogP contribution in [0.2, 0.25) is 0 Å². The molecule has 4 aromatic rings. The summed E-state index contributed by atoms with van der Waals surface area (Å²) in [6.07, 6.45) is 3.75. The number of aryl methyl sites for hydroxylation is 1. The minimum atomic E-state index is -0.265. The van der Waals surface area contributed by atoms with Gasteiger partial charge in [0.15, 0.2) is 0 Å². The maximum absolute atomic E-state index is 13.7. The normalized spacial score (nSPS) is 16.2. The zero-order valence-corrected chi connectivity index (χ0v) is 20.0. The molecule has 0 bridgehead atoms. The largest absolute Gasteiger partial charge is 0.334 e. The molecular weight excluding hydrogens is 453 g/mol. The number of carbonyl (C=O) groups excluding carboxylic acids is 1. The molecule has 5 rings (SSSR count). The van der Waals surface area contributed by atoms with Crippen molar-refractivity contribution in [3.8, 4) is 21.7 Å². The summed E-state index contributed by atoms with van der Waals surface area (Å²) in [6, 6.07) is 16.6. The van der Waals surface area contributed by atoms with Gasteiger partial charge in [0.25, 0.3) is 5.91 Å². The van der Waals surface area contributed by atoms with Crippen molar-refractivity contribution < 1.29 is 9.18 Å². The van der Waals surface area contributed by atoms with Crippen LogP contribution in [0.15, 0.2) is 60.0 Å². The van der Waals surface area contributed by atoms with Gasteiger partial charge in [-0.05, 0) is 43.9 Å². The van der Waals surface area contributed by atoms with Crippen LogP contribution in [-0.4, -0.2) is 33.4 Å². The number of piperidine rings is 1. The first-order valence-electron chi connectivity index (χ1n) is 11.1. The Kier molecular flexibility index (Phi) is 6.33. The molecule has 0 radical (unpaired) electrons. The number of aromatic nitrogens is 2. The fourth-order valence-corrected chi connectivity index (χ4v) is 6.15. The molecule has 0 saturated carbocycles. The molecule has 1 saturated heterocycles. The van der Waals surface area contributed by atoms with Crippen molar-refractivity contribution in [2.24, 2.45) is 0 Å². The van der Waals surface area contributed by atoms with E-state index >= 15 is 0 Å². The Labute approximate surface area is 200 Å². The Morgan fingerprint density at radius 2 is 1.91 bits per heavy atom. The SMILES string of the molecule is Cc1nc(C(=O)N2CCCCC2Cc2nc(-c3cccc(F)c3)cs2)c(-c2ccccc2)s1. The zero-order valence-electron chi connectivity index (χ0n) is 18.3. The average Bonchev–Trinajstić information content (AvgIpc) is 3.46. The number of carbonyl (C=O) groups is 1. The fraction of sp³-hybridized carbons (Fsp3) is 0.269. The van der Waals surface area contributed by atoms with Crippen LogP contribution in [0, 0.1) is 12.7 Å². The molecule has 7 heteroatoms. The molecular formula is C26H24FN3OS2. The Hall–Kier alpha value is -2.90. The Bertz CT molecular complexity index is 1270. The Balaban J connectivity index is 1.39. The number of hydrogen-bond acceptors (Lipinski definition) is 5. The summed E-state index contributed by atoms with van der Waals surface area (Å²) in [5.41, 5.74) is 3.14. The number of hydrogen-bond donors (Lipinski definition) is 0. The summed E-state index contributed by atoms with van der Waals surface area (Å²) >= 11 is 3.14. The zero-order chi connectivity index (χ0) is 22.8. The van der Waals surface area contributed by atoms with E-state index in [9.17, 15) is 9.18 Å². The minimum Gasteiger partial charge on any atom is -0.334 e. The van der Waals surface area contributed by atoms with Gasteiger partial charge in [-0.15, -0.1) is 22.7 Å². The minimum absolute atomic E-state index is 0.00446. The average molecular weight is 478 g/mol. The first-order chi connectivity index (χ1) is 16.1. The van der Waals surface area contributed by atoms with E-state index in [2.05, 4.69) is 4.98 Å². The lowest BCUT2D eigenvalue weighted by atomic mass is 9.98. The van der Waals surface area contributed by atoms with Crippen LogP contribution in [0.1, 0.15) is 39.8 Å². The predicted octanol–water partition coefficient (Wildman–Crippen LogP) is 6.62. The first kappa shape index (κ1) is 21.9. The summed E-state index contributed by atoms with van der Waals surface area (Å²) in [4.78, 5) is 26.0. The number of rotatable bonds is 5. The van der Waals surface area contributed by atoms with Crippen LogP contribution >= 0.6 is 22.7 Å². The number of benzene rings is 2. The van der Waals surface area contributed by atoms with Crippen molar-refractivity contribution in [1.82, 2.24) is 14.9 Å². The topological polar surface area (TPSA) is 46.1 Å². The van der Waals surface area contributed by atoms with E-state index in [-0.39, 0.29) is 17.8 Å². The molecule has 4 nitrogen and oxygen atoms in total. The number of likely N-dealkylation sites (tertiary alicyclic amines) is 1. The van der Waals surface area contributed by atoms with E-state index < -0.39 is 0 Å². The van der Waals surface area contributed by atoms with Gasteiger partial charge < -0.3 is 4.90 Å². The van der Waals surface area contributed by atoms with Crippen molar-refractivity contribution in [2.45, 2.75) is 38.6 Å². The molecule has 2 aromatic carbocycles. The first-order valence-corrected chi connectivity index (χ1v) is 12.8. The van der Waals surface area contributed by atoms with Crippen LogP contribution in [0.25, 0.3) is 21.7 Å². The van der Waals surface area contributed by atoms with Crippen LogP contribution in [0.4, 0.5) is 4.39 Å². The highest BCUT2D eigenvalue weighted by Crippen LogP contribution is 2.33. The molecule has 1 aliphatic heterocycles. The van der Waals surface area contributed by atoms with Crippen molar-refractivity contribution in [1.29, 1.82) is 0 Å². The van der Waals surface area contributed by atoms with Crippen molar-refractivity contribution in [2.75, 3.05) is 6.54 Å². The lowest BCUT2D eigenvalue weighted by molar-refractivity contribution is 0.0609. The molecule has 0 N–H and O–H groups in total. The number of thiazole rings is 2. The molecule has 2 aromatic heterocycles.